The van der Waals surface area contributed by atoms with Crippen LogP contribution in [0.4, 0.5) is 5.69 Å². The van der Waals surface area contributed by atoms with E-state index in [1.165, 1.54) is 19.4 Å². The second kappa shape index (κ2) is 12.1. The first kappa shape index (κ1) is 29.3. The van der Waals surface area contributed by atoms with Crippen LogP contribution in [-0.4, -0.2) is 63.8 Å². The van der Waals surface area contributed by atoms with Gasteiger partial charge in [0.2, 0.25) is 0 Å². The topological polar surface area (TPSA) is 130 Å². The molecule has 2 unspecified atom stereocenters. The maximum atomic E-state index is 12.2. The predicted octanol–water partition coefficient (Wildman–Crippen LogP) is 3.82. The van der Waals surface area contributed by atoms with Gasteiger partial charge in [-0.25, -0.2) is 9.79 Å². The number of amides is 2. The number of halogens is 2. The lowest BCUT2D eigenvalue weighted by molar-refractivity contribution is -0.124. The van der Waals surface area contributed by atoms with Crippen LogP contribution in [0.1, 0.15) is 49.3 Å². The lowest BCUT2D eigenvalue weighted by atomic mass is 9.89. The molecule has 2 aromatic rings. The molecule has 0 spiro atoms. The van der Waals surface area contributed by atoms with Gasteiger partial charge in [0.1, 0.15) is 23.6 Å². The lowest BCUT2D eigenvalue weighted by Gasteiger charge is -2.35. The molecule has 0 fully saturated rings. The molecule has 0 radical (unpaired) electrons. The van der Waals surface area contributed by atoms with E-state index in [-0.39, 0.29) is 47.5 Å². The highest BCUT2D eigenvalue weighted by Gasteiger charge is 2.43. The van der Waals surface area contributed by atoms with E-state index in [9.17, 15) is 19.5 Å². The number of pyridine rings is 1. The highest BCUT2D eigenvalue weighted by Crippen LogP contribution is 2.34. The Morgan fingerprint density at radius 3 is 2.58 bits per heavy atom. The number of aromatic nitrogens is 1. The first-order valence-corrected chi connectivity index (χ1v) is 12.7. The summed E-state index contributed by atoms with van der Waals surface area (Å²) < 4.78 is 10.5. The van der Waals surface area contributed by atoms with Gasteiger partial charge in [-0.2, -0.15) is 0 Å². The number of benzene rings is 1. The third-order valence-electron chi connectivity index (χ3n) is 6.34. The van der Waals surface area contributed by atoms with Crippen molar-refractivity contribution in [1.29, 1.82) is 0 Å². The maximum Gasteiger partial charge on any atom is 0.338 e. The SMILES string of the molecule is CC1COc2ccccc2N1C(=O)C(Cl)Cl.COCc1cnc(C2=NC(C)(C(C)C)C(=O)N2)c(C(=O)O)c1. The number of amidine groups is 1. The third kappa shape index (κ3) is 6.09. The monoisotopic (exact) mass is 564 g/mol. The summed E-state index contributed by atoms with van der Waals surface area (Å²) in [6.45, 7) is 8.10. The number of carbonyl (C=O) groups excluding carboxylic acids is 2. The van der Waals surface area contributed by atoms with Gasteiger partial charge in [-0.1, -0.05) is 49.2 Å². The molecule has 1 aromatic carbocycles. The van der Waals surface area contributed by atoms with Gasteiger partial charge in [0.15, 0.2) is 10.7 Å². The summed E-state index contributed by atoms with van der Waals surface area (Å²) in [6, 6.07) is 8.75. The van der Waals surface area contributed by atoms with E-state index in [0.29, 0.717) is 17.9 Å². The number of carboxylic acid groups (broad SMARTS) is 1. The number of aliphatic imine (C=N–C) groups is 1. The summed E-state index contributed by atoms with van der Waals surface area (Å²) in [5.41, 5.74) is 0.585. The first-order chi connectivity index (χ1) is 17.9. The number of nitrogens with one attached hydrogen (secondary N) is 1. The molecule has 0 bridgehead atoms. The molecule has 2 aliphatic heterocycles. The van der Waals surface area contributed by atoms with Crippen molar-refractivity contribution in [3.63, 3.8) is 0 Å². The van der Waals surface area contributed by atoms with Crippen LogP contribution in [0.2, 0.25) is 0 Å². The number of hydrogen-bond donors (Lipinski definition) is 2. The molecule has 0 saturated carbocycles. The summed E-state index contributed by atoms with van der Waals surface area (Å²) in [5, 5.41) is 12.0. The summed E-state index contributed by atoms with van der Waals surface area (Å²) in [5.74, 6) is -0.838. The van der Waals surface area contributed by atoms with Crippen molar-refractivity contribution in [2.45, 2.75) is 50.7 Å². The van der Waals surface area contributed by atoms with E-state index in [4.69, 9.17) is 32.7 Å². The molecule has 2 aliphatic rings. The highest BCUT2D eigenvalue weighted by molar-refractivity contribution is 6.54. The summed E-state index contributed by atoms with van der Waals surface area (Å²) in [7, 11) is 1.52. The molecular formula is C26H30Cl2N4O6. The minimum absolute atomic E-state index is 0.0124. The van der Waals surface area contributed by atoms with E-state index in [0.717, 1.165) is 5.69 Å². The van der Waals surface area contributed by atoms with Crippen LogP contribution in [-0.2, 0) is 20.9 Å². The van der Waals surface area contributed by atoms with Gasteiger partial charge < -0.3 is 24.8 Å². The Morgan fingerprint density at radius 2 is 2.00 bits per heavy atom. The van der Waals surface area contributed by atoms with E-state index in [1.54, 1.807) is 11.8 Å². The second-order valence-corrected chi connectivity index (χ2v) is 10.4. The molecule has 0 aliphatic carbocycles. The Labute approximate surface area is 230 Å². The fourth-order valence-corrected chi connectivity index (χ4v) is 4.11. The number of methoxy groups -OCH3 is 1. The molecule has 1 aromatic heterocycles. The van der Waals surface area contributed by atoms with Crippen LogP contribution < -0.4 is 15.0 Å². The molecule has 38 heavy (non-hydrogen) atoms. The van der Waals surface area contributed by atoms with Crippen molar-refractivity contribution in [2.75, 3.05) is 18.6 Å². The summed E-state index contributed by atoms with van der Waals surface area (Å²) >= 11 is 11.3. The first-order valence-electron chi connectivity index (χ1n) is 11.9. The number of carbonyl (C=O) groups is 3. The van der Waals surface area contributed by atoms with Crippen LogP contribution in [0.15, 0.2) is 41.5 Å². The van der Waals surface area contributed by atoms with Crippen LogP contribution >= 0.6 is 23.2 Å². The maximum absolute atomic E-state index is 12.2. The zero-order chi connectivity index (χ0) is 28.2. The van der Waals surface area contributed by atoms with Gasteiger partial charge in [0, 0.05) is 13.3 Å². The van der Waals surface area contributed by atoms with Crippen molar-refractivity contribution >= 4 is 52.5 Å². The predicted molar refractivity (Wildman–Crippen MR) is 144 cm³/mol. The quantitative estimate of drug-likeness (QED) is 0.510. The number of hydrogen-bond acceptors (Lipinski definition) is 7. The molecule has 2 atom stereocenters. The summed E-state index contributed by atoms with van der Waals surface area (Å²) in [4.78, 5) is 44.6. The fraction of sp³-hybridized carbons (Fsp3) is 0.423. The van der Waals surface area contributed by atoms with Crippen molar-refractivity contribution < 1.29 is 29.0 Å². The average molecular weight is 565 g/mol. The van der Waals surface area contributed by atoms with Crippen molar-refractivity contribution in [1.82, 2.24) is 10.3 Å². The number of anilines is 1. The van der Waals surface area contributed by atoms with Crippen molar-refractivity contribution in [3.05, 3.63) is 53.3 Å². The number of alkyl halides is 2. The van der Waals surface area contributed by atoms with Gasteiger partial charge >= 0.3 is 5.97 Å². The molecule has 2 N–H and O–H groups in total. The third-order valence-corrected chi connectivity index (χ3v) is 6.71. The Kier molecular flexibility index (Phi) is 9.35. The highest BCUT2D eigenvalue weighted by atomic mass is 35.5. The van der Waals surface area contributed by atoms with E-state index in [2.05, 4.69) is 15.3 Å². The van der Waals surface area contributed by atoms with Crippen molar-refractivity contribution in [2.24, 2.45) is 10.9 Å². The number of carboxylic acids is 1. The van der Waals surface area contributed by atoms with Crippen LogP contribution in [0.3, 0.4) is 0 Å². The largest absolute Gasteiger partial charge is 0.489 e. The molecule has 204 valence electrons. The number of para-hydroxylation sites is 2. The Morgan fingerprint density at radius 1 is 1.32 bits per heavy atom. The molecule has 2 amide bonds. The summed E-state index contributed by atoms with van der Waals surface area (Å²) in [6.07, 6.45) is 1.52. The second-order valence-electron chi connectivity index (χ2n) is 9.33. The van der Waals surface area contributed by atoms with Crippen molar-refractivity contribution in [3.8, 4) is 5.75 Å². The normalized spacial score (nSPS) is 20.2. The molecule has 12 heteroatoms. The van der Waals surface area contributed by atoms with Gasteiger partial charge in [0.05, 0.1) is 23.9 Å². The lowest BCUT2D eigenvalue weighted by Crippen LogP contribution is -2.47. The van der Waals surface area contributed by atoms with Crippen LogP contribution in [0.25, 0.3) is 0 Å². The zero-order valence-corrected chi connectivity index (χ0v) is 23.2. The Bertz CT molecular complexity index is 1250. The van der Waals surface area contributed by atoms with Gasteiger partial charge in [-0.05, 0) is 43.5 Å². The van der Waals surface area contributed by atoms with Gasteiger partial charge in [-0.3, -0.25) is 14.6 Å². The Balaban J connectivity index is 0.000000221. The number of aromatic carboxylic acids is 1. The number of fused-ring (bicyclic) bond motifs is 1. The number of nitrogens with zero attached hydrogens (tertiary/aromatic N) is 3. The fourth-order valence-electron chi connectivity index (χ4n) is 3.90. The number of rotatable bonds is 6. The number of ether oxygens (including phenoxy) is 2. The molecule has 10 nitrogen and oxygen atoms in total. The van der Waals surface area contributed by atoms with Gasteiger partial charge in [0.25, 0.3) is 11.8 Å². The van der Waals surface area contributed by atoms with Crippen LogP contribution in [0, 0.1) is 5.92 Å². The molecular weight excluding hydrogens is 535 g/mol. The minimum atomic E-state index is -1.13. The van der Waals surface area contributed by atoms with Crippen LogP contribution in [0.5, 0.6) is 5.75 Å². The molecule has 0 saturated heterocycles. The molecule has 3 heterocycles. The average Bonchev–Trinajstić information content (AvgIpc) is 3.19. The Hall–Kier alpha value is -3.21. The minimum Gasteiger partial charge on any atom is -0.489 e. The van der Waals surface area contributed by atoms with E-state index < -0.39 is 16.3 Å². The standard InChI is InChI=1S/C15H19N3O4.C11H11Cl2NO2/c1-8(2)15(3)14(21)17-12(18-15)11-10(13(19)20)5-9(6-16-11)7-22-4;1-7-6-16-9-5-3-2-4-8(9)14(7)11(15)10(12)13/h5-6,8H,7H2,1-4H3,(H,19,20)(H,17,18,21);2-5,7,10H,6H2,1H3. The zero-order valence-electron chi connectivity index (χ0n) is 21.7. The smallest absolute Gasteiger partial charge is 0.338 e. The van der Waals surface area contributed by atoms with E-state index >= 15 is 0 Å². The van der Waals surface area contributed by atoms with Gasteiger partial charge in [-0.15, -0.1) is 0 Å². The molecule has 4 rings (SSSR count). The van der Waals surface area contributed by atoms with E-state index in [1.807, 2.05) is 45.0 Å².